The van der Waals surface area contributed by atoms with Crippen LogP contribution in [0.25, 0.3) is 0 Å². The summed E-state index contributed by atoms with van der Waals surface area (Å²) in [4.78, 5) is 41.1. The van der Waals surface area contributed by atoms with Gasteiger partial charge in [0.15, 0.2) is 23.6 Å². The van der Waals surface area contributed by atoms with Gasteiger partial charge < -0.3 is 14.6 Å². The molecule has 0 saturated heterocycles. The number of fused-ring (bicyclic) bond motifs is 3. The van der Waals surface area contributed by atoms with Crippen molar-refractivity contribution in [3.8, 4) is 0 Å². The quantitative estimate of drug-likeness (QED) is 0.269. The molecule has 6 nitrogen and oxygen atoms in total. The Morgan fingerprint density at radius 3 is 2.36 bits per heavy atom. The van der Waals surface area contributed by atoms with Crippen molar-refractivity contribution in [3.63, 3.8) is 0 Å². The molecule has 1 N–H and O–H groups in total. The lowest BCUT2D eigenvalue weighted by molar-refractivity contribution is -0.203. The lowest BCUT2D eigenvalue weighted by Gasteiger charge is -2.49. The number of carbonyl (C=O) groups is 3. The number of hydrogen-bond acceptors (Lipinski definition) is 6. The van der Waals surface area contributed by atoms with Gasteiger partial charge in [-0.05, 0) is 73.1 Å². The van der Waals surface area contributed by atoms with Crippen LogP contribution in [0.15, 0.2) is 53.6 Å². The molecule has 0 radical (unpaired) electrons. The Morgan fingerprint density at radius 1 is 1.03 bits per heavy atom. The van der Waals surface area contributed by atoms with E-state index in [1.54, 1.807) is 24.3 Å². The normalized spacial score (nSPS) is 37.9. The number of aliphatic hydroxyl groups is 1. The average Bonchev–Trinajstić information content (AvgIpc) is 3.39. The largest absolute Gasteiger partial charge is 0.455 e. The van der Waals surface area contributed by atoms with Gasteiger partial charge >= 0.3 is 11.9 Å². The number of esters is 2. The molecule has 2 fully saturated rings. The second-order valence-electron chi connectivity index (χ2n) is 13.0. The molecule has 5 rings (SSSR count). The number of unbranched alkanes of at least 4 members (excludes halogenated alkanes) is 2. The summed E-state index contributed by atoms with van der Waals surface area (Å²) in [6, 6.07) is 8.65. The number of hydrogen-bond donors (Lipinski definition) is 1. The molecule has 1 aromatic carbocycles. The summed E-state index contributed by atoms with van der Waals surface area (Å²) in [7, 11) is 0. The molecule has 2 saturated carbocycles. The topological polar surface area (TPSA) is 89.9 Å². The maximum Gasteiger partial charge on any atom is 0.338 e. The zero-order chi connectivity index (χ0) is 28.3. The first-order chi connectivity index (χ1) is 18.4. The highest BCUT2D eigenvalue weighted by molar-refractivity contribution is 5.96. The molecule has 1 spiro atoms. The van der Waals surface area contributed by atoms with E-state index in [9.17, 15) is 19.5 Å². The third kappa shape index (κ3) is 4.04. The van der Waals surface area contributed by atoms with E-state index in [1.807, 2.05) is 39.0 Å². The van der Waals surface area contributed by atoms with Gasteiger partial charge in [0.2, 0.25) is 0 Å². The Balaban J connectivity index is 1.63. The van der Waals surface area contributed by atoms with Crippen LogP contribution in [0.5, 0.6) is 0 Å². The van der Waals surface area contributed by atoms with Crippen molar-refractivity contribution in [2.75, 3.05) is 0 Å². The third-order valence-electron chi connectivity index (χ3n) is 10.3. The number of carbonyl (C=O) groups excluding carboxylic acids is 3. The summed E-state index contributed by atoms with van der Waals surface area (Å²) >= 11 is 0. The molecule has 4 aliphatic carbocycles. The van der Waals surface area contributed by atoms with Gasteiger partial charge in [0.1, 0.15) is 0 Å². The van der Waals surface area contributed by atoms with Crippen LogP contribution in [0.1, 0.15) is 84.0 Å². The van der Waals surface area contributed by atoms with Crippen molar-refractivity contribution in [3.05, 3.63) is 59.2 Å². The number of ketones is 1. The molecular formula is C33H42O6. The van der Waals surface area contributed by atoms with E-state index < -0.39 is 41.1 Å². The zero-order valence-corrected chi connectivity index (χ0v) is 24.0. The highest BCUT2D eigenvalue weighted by Crippen LogP contribution is 2.72. The van der Waals surface area contributed by atoms with E-state index >= 15 is 0 Å². The monoisotopic (exact) mass is 534 g/mol. The number of ether oxygens (including phenoxy) is 2. The lowest BCUT2D eigenvalue weighted by atomic mass is 9.59. The van der Waals surface area contributed by atoms with E-state index in [2.05, 4.69) is 20.8 Å². The fourth-order valence-corrected chi connectivity index (χ4v) is 8.19. The van der Waals surface area contributed by atoms with Crippen molar-refractivity contribution < 1.29 is 29.0 Å². The standard InChI is InChI=1S/C33H42O6/c1-7-8-10-15-25(34)38-29-20(3)18-32-21(4)17-24-26(31(24,5)6)23(27(32)35)16-19(2)28(33(29,32)37)39-30(36)22-13-11-9-12-14-22/h9,11-14,16,18,21,23-24,26,28-29,37H,7-8,10,15,17H2,1-6H3/t21-,23+,24-,26-,28-,29-,32+,33+/m1/s1. The predicted octanol–water partition coefficient (Wildman–Crippen LogP) is 5.84. The van der Waals surface area contributed by atoms with Crippen LogP contribution in [0, 0.1) is 34.5 Å². The smallest absolute Gasteiger partial charge is 0.338 e. The molecule has 210 valence electrons. The highest BCUT2D eigenvalue weighted by atomic mass is 16.6. The van der Waals surface area contributed by atoms with E-state index in [0.29, 0.717) is 29.0 Å². The van der Waals surface area contributed by atoms with Crippen LogP contribution in [-0.2, 0) is 19.1 Å². The van der Waals surface area contributed by atoms with Gasteiger partial charge in [-0.1, -0.05) is 70.9 Å². The first-order valence-electron chi connectivity index (χ1n) is 14.5. The lowest BCUT2D eigenvalue weighted by Crippen LogP contribution is -2.66. The Bertz CT molecular complexity index is 1230. The maximum absolute atomic E-state index is 14.7. The fraction of sp³-hybridized carbons (Fsp3) is 0.606. The molecule has 4 aliphatic rings. The van der Waals surface area contributed by atoms with Gasteiger partial charge in [-0.2, -0.15) is 0 Å². The van der Waals surface area contributed by atoms with E-state index in [1.165, 1.54) is 0 Å². The number of rotatable bonds is 7. The SMILES string of the molecule is CCCCCC(=O)O[C@@H]1C(C)=C[C@]23C(=O)[C@@H](C=C(C)[C@@H](OC(=O)c4ccccc4)[C@]12O)[C@@H]1[C@@H](C[C@H]3C)C1(C)C. The van der Waals surface area contributed by atoms with Crippen LogP contribution in [-0.4, -0.2) is 40.6 Å². The van der Waals surface area contributed by atoms with Crippen molar-refractivity contribution >= 4 is 17.7 Å². The minimum absolute atomic E-state index is 0.00809. The zero-order valence-electron chi connectivity index (χ0n) is 24.0. The second kappa shape index (κ2) is 9.72. The molecular weight excluding hydrogens is 492 g/mol. The Morgan fingerprint density at radius 2 is 1.69 bits per heavy atom. The number of Topliss-reactive ketones (excluding diaryl/α,β-unsaturated/α-hetero) is 1. The van der Waals surface area contributed by atoms with Gasteiger partial charge in [-0.3, -0.25) is 9.59 Å². The van der Waals surface area contributed by atoms with Gasteiger partial charge in [0.25, 0.3) is 0 Å². The van der Waals surface area contributed by atoms with Crippen molar-refractivity contribution in [2.24, 2.45) is 34.5 Å². The highest BCUT2D eigenvalue weighted by Gasteiger charge is 2.77. The van der Waals surface area contributed by atoms with Crippen molar-refractivity contribution in [1.82, 2.24) is 0 Å². The molecule has 0 amide bonds. The van der Waals surface area contributed by atoms with Crippen molar-refractivity contribution in [1.29, 1.82) is 0 Å². The van der Waals surface area contributed by atoms with Crippen LogP contribution in [0.4, 0.5) is 0 Å². The third-order valence-corrected chi connectivity index (χ3v) is 10.3. The van der Waals surface area contributed by atoms with Crippen LogP contribution < -0.4 is 0 Å². The molecule has 0 unspecified atom stereocenters. The fourth-order valence-electron chi connectivity index (χ4n) is 8.19. The summed E-state index contributed by atoms with van der Waals surface area (Å²) in [5.41, 5.74) is -1.71. The van der Waals surface area contributed by atoms with Gasteiger partial charge in [-0.15, -0.1) is 0 Å². The van der Waals surface area contributed by atoms with Crippen LogP contribution in [0.3, 0.4) is 0 Å². The summed E-state index contributed by atoms with van der Waals surface area (Å²) in [6.07, 6.45) is 5.06. The van der Waals surface area contributed by atoms with E-state index in [-0.39, 0.29) is 29.5 Å². The summed E-state index contributed by atoms with van der Waals surface area (Å²) in [5.74, 6) is -1.22. The first-order valence-corrected chi connectivity index (χ1v) is 14.5. The second-order valence-corrected chi connectivity index (χ2v) is 13.0. The molecule has 39 heavy (non-hydrogen) atoms. The summed E-state index contributed by atoms with van der Waals surface area (Å²) in [6.45, 7) is 12.1. The van der Waals surface area contributed by atoms with Gasteiger partial charge in [-0.25, -0.2) is 4.79 Å². The molecule has 6 heteroatoms. The Hall–Kier alpha value is -2.73. The van der Waals surface area contributed by atoms with E-state index in [0.717, 1.165) is 19.3 Å². The molecule has 0 aromatic heterocycles. The predicted molar refractivity (Wildman–Crippen MR) is 148 cm³/mol. The minimum atomic E-state index is -1.96. The van der Waals surface area contributed by atoms with Crippen LogP contribution in [0.2, 0.25) is 0 Å². The number of allylic oxidation sites excluding steroid dienone is 1. The van der Waals surface area contributed by atoms with Gasteiger partial charge in [0, 0.05) is 12.3 Å². The number of benzene rings is 1. The minimum Gasteiger partial charge on any atom is -0.455 e. The molecule has 8 atom stereocenters. The Kier molecular flexibility index (Phi) is 6.94. The average molecular weight is 535 g/mol. The molecule has 0 aliphatic heterocycles. The summed E-state index contributed by atoms with van der Waals surface area (Å²) in [5, 5.41) is 13.0. The molecule has 2 bridgehead atoms. The van der Waals surface area contributed by atoms with E-state index in [4.69, 9.17) is 9.47 Å². The Labute approximate surface area is 231 Å². The van der Waals surface area contributed by atoms with Gasteiger partial charge in [0.05, 0.1) is 11.0 Å². The van der Waals surface area contributed by atoms with Crippen molar-refractivity contribution in [2.45, 2.75) is 91.5 Å². The molecule has 1 aromatic rings. The van der Waals surface area contributed by atoms with Crippen LogP contribution >= 0.6 is 0 Å². The summed E-state index contributed by atoms with van der Waals surface area (Å²) < 4.78 is 12.2. The molecule has 0 heterocycles. The maximum atomic E-state index is 14.7. The first kappa shape index (κ1) is 27.8.